The summed E-state index contributed by atoms with van der Waals surface area (Å²) in [5.41, 5.74) is 8.17. The van der Waals surface area contributed by atoms with E-state index in [1.165, 1.54) is 11.8 Å². The molecule has 4 N–H and O–H groups in total. The van der Waals surface area contributed by atoms with Crippen LogP contribution in [0.5, 0.6) is 0 Å². The van der Waals surface area contributed by atoms with Crippen LogP contribution in [0.1, 0.15) is 34.5 Å². The summed E-state index contributed by atoms with van der Waals surface area (Å²) in [6, 6.07) is 10.7. The molecule has 31 heavy (non-hydrogen) atoms. The van der Waals surface area contributed by atoms with Gasteiger partial charge in [-0.25, -0.2) is 9.38 Å². The third-order valence-corrected chi connectivity index (χ3v) is 6.99. The van der Waals surface area contributed by atoms with E-state index in [-0.39, 0.29) is 17.1 Å². The quantitative estimate of drug-likeness (QED) is 0.460. The maximum absolute atomic E-state index is 14.7. The van der Waals surface area contributed by atoms with Gasteiger partial charge < -0.3 is 11.1 Å². The molecule has 3 heterocycles. The molecule has 0 bridgehead atoms. The number of amidine groups is 1. The Balaban J connectivity index is 1.67. The number of aromatic nitrogens is 1. The lowest BCUT2D eigenvalue weighted by atomic mass is 9.77. The highest BCUT2D eigenvalue weighted by molar-refractivity contribution is 8.15. The molecule has 0 aliphatic carbocycles. The molecule has 1 amide bonds. The van der Waals surface area contributed by atoms with Crippen LogP contribution >= 0.6 is 11.8 Å². The van der Waals surface area contributed by atoms with Gasteiger partial charge in [0.25, 0.3) is 5.91 Å². The van der Waals surface area contributed by atoms with E-state index in [9.17, 15) is 9.18 Å². The van der Waals surface area contributed by atoms with Crippen LogP contribution in [-0.4, -0.2) is 41.5 Å². The normalized spacial score (nSPS) is 26.4. The minimum Gasteiger partial charge on any atom is -0.378 e. The number of thioether (sulfide) groups is 1. The van der Waals surface area contributed by atoms with Gasteiger partial charge in [0.2, 0.25) is 0 Å². The van der Waals surface area contributed by atoms with Crippen LogP contribution in [0.25, 0.3) is 0 Å². The second kappa shape index (κ2) is 7.98. The van der Waals surface area contributed by atoms with E-state index in [1.54, 1.807) is 24.4 Å². The number of nitriles is 1. The minimum absolute atomic E-state index is 0.287. The molecule has 158 valence electrons. The van der Waals surface area contributed by atoms with Crippen LogP contribution in [0.2, 0.25) is 0 Å². The first kappa shape index (κ1) is 21.3. The monoisotopic (exact) mass is 436 g/mol. The summed E-state index contributed by atoms with van der Waals surface area (Å²) >= 11 is 1.36. The summed E-state index contributed by atoms with van der Waals surface area (Å²) in [6.45, 7) is 1.15. The molecule has 0 spiro atoms. The van der Waals surface area contributed by atoms with Crippen LogP contribution in [0.3, 0.4) is 0 Å². The number of nitrogens with two attached hydrogens (primary N) is 1. The fourth-order valence-corrected chi connectivity index (χ4v) is 5.41. The number of pyridine rings is 1. The number of alkyl halides is 1. The first-order valence-electron chi connectivity index (χ1n) is 9.94. The fourth-order valence-electron chi connectivity index (χ4n) is 4.13. The molecule has 4 rings (SSSR count). The maximum Gasteiger partial charge on any atom is 0.274 e. The molecule has 2 aliphatic heterocycles. The van der Waals surface area contributed by atoms with Crippen LogP contribution < -0.4 is 21.8 Å². The number of amides is 1. The minimum atomic E-state index is -1.21. The number of hydrogen-bond donors (Lipinski definition) is 3. The number of carbonyl (C=O) groups is 1. The van der Waals surface area contributed by atoms with Gasteiger partial charge in [-0.2, -0.15) is 5.26 Å². The summed E-state index contributed by atoms with van der Waals surface area (Å²) in [5.74, 6) is -0.348. The largest absolute Gasteiger partial charge is 0.378 e. The first-order valence-corrected chi connectivity index (χ1v) is 10.8. The number of anilines is 1. The molecule has 1 fully saturated rings. The fraction of sp³-hybridized carbons (Fsp3) is 0.333. The van der Waals surface area contributed by atoms with Gasteiger partial charge >= 0.3 is 0 Å². The van der Waals surface area contributed by atoms with Gasteiger partial charge in [0.1, 0.15) is 25.8 Å². The van der Waals surface area contributed by atoms with Crippen molar-refractivity contribution in [1.29, 1.82) is 5.26 Å². The van der Waals surface area contributed by atoms with Crippen LogP contribution in [0.15, 0.2) is 41.5 Å². The smallest absolute Gasteiger partial charge is 0.274 e. The Bertz CT molecular complexity index is 1100. The SMILES string of the molecule is Bc1ccc(NC(=O)c2ccc(C)cn2)cc1[C@@]1(CF)N=C(N)S[C@@]2(CCC#N)NC21. The third kappa shape index (κ3) is 3.79. The number of nitrogens with one attached hydrogen (secondary N) is 2. The zero-order valence-electron chi connectivity index (χ0n) is 17.3. The van der Waals surface area contributed by atoms with Crippen molar-refractivity contribution < 1.29 is 9.18 Å². The number of benzene rings is 1. The molecule has 0 saturated carbocycles. The zero-order chi connectivity index (χ0) is 22.2. The average Bonchev–Trinajstić information content (AvgIpc) is 3.48. The summed E-state index contributed by atoms with van der Waals surface area (Å²) in [7, 11) is 1.88. The summed E-state index contributed by atoms with van der Waals surface area (Å²) in [4.78, 5) is 20.8. The van der Waals surface area contributed by atoms with E-state index in [0.717, 1.165) is 11.0 Å². The maximum atomic E-state index is 14.7. The Kier molecular flexibility index (Phi) is 5.50. The van der Waals surface area contributed by atoms with Crippen LogP contribution in [0, 0.1) is 18.3 Å². The third-order valence-electron chi connectivity index (χ3n) is 5.76. The summed E-state index contributed by atoms with van der Waals surface area (Å²) in [5, 5.41) is 15.5. The van der Waals surface area contributed by atoms with Crippen LogP contribution in [-0.2, 0) is 5.54 Å². The van der Waals surface area contributed by atoms with Crippen molar-refractivity contribution in [2.75, 3.05) is 12.0 Å². The Morgan fingerprint density at radius 3 is 2.94 bits per heavy atom. The van der Waals surface area contributed by atoms with Gasteiger partial charge in [0, 0.05) is 18.3 Å². The molecule has 1 saturated heterocycles. The molecule has 1 aromatic carbocycles. The highest BCUT2D eigenvalue weighted by Crippen LogP contribution is 2.55. The van der Waals surface area contributed by atoms with Gasteiger partial charge in [-0.15, -0.1) is 0 Å². The molecule has 1 aromatic heterocycles. The van der Waals surface area contributed by atoms with Gasteiger partial charge in [-0.3, -0.25) is 15.1 Å². The van der Waals surface area contributed by atoms with E-state index >= 15 is 0 Å². The van der Waals surface area contributed by atoms with Gasteiger partial charge in [-0.1, -0.05) is 29.4 Å². The summed E-state index contributed by atoms with van der Waals surface area (Å²) in [6.07, 6.45) is 2.51. The van der Waals surface area contributed by atoms with E-state index in [2.05, 4.69) is 26.7 Å². The Morgan fingerprint density at radius 2 is 2.26 bits per heavy atom. The predicted molar refractivity (Wildman–Crippen MR) is 123 cm³/mol. The lowest BCUT2D eigenvalue weighted by Crippen LogP contribution is -2.45. The highest BCUT2D eigenvalue weighted by Gasteiger charge is 2.67. The van der Waals surface area contributed by atoms with Crippen molar-refractivity contribution in [3.8, 4) is 6.07 Å². The number of fused-ring (bicyclic) bond motifs is 1. The number of rotatable bonds is 6. The molecule has 3 atom stereocenters. The molecule has 0 radical (unpaired) electrons. The average molecular weight is 436 g/mol. The molecule has 2 aliphatic rings. The van der Waals surface area contributed by atoms with Gasteiger partial charge in [-0.05, 0) is 42.7 Å². The van der Waals surface area contributed by atoms with Crippen LogP contribution in [0.4, 0.5) is 10.1 Å². The molecule has 1 unspecified atom stereocenters. The van der Waals surface area contributed by atoms with Crippen molar-refractivity contribution in [1.82, 2.24) is 10.3 Å². The predicted octanol–water partition coefficient (Wildman–Crippen LogP) is 1.10. The lowest BCUT2D eigenvalue weighted by Gasteiger charge is -2.34. The van der Waals surface area contributed by atoms with Crippen molar-refractivity contribution in [3.05, 3.63) is 53.3 Å². The first-order chi connectivity index (χ1) is 14.8. The Labute approximate surface area is 185 Å². The zero-order valence-corrected chi connectivity index (χ0v) is 18.1. The van der Waals surface area contributed by atoms with Gasteiger partial charge in [0.15, 0.2) is 5.17 Å². The molecular formula is C21H22BFN6OS. The van der Waals surface area contributed by atoms with E-state index < -0.39 is 17.1 Å². The molecular weight excluding hydrogens is 414 g/mol. The van der Waals surface area contributed by atoms with Crippen molar-refractivity contribution in [3.63, 3.8) is 0 Å². The van der Waals surface area contributed by atoms with Crippen molar-refractivity contribution in [2.45, 2.75) is 36.2 Å². The molecule has 7 nitrogen and oxygen atoms in total. The highest BCUT2D eigenvalue weighted by atomic mass is 32.2. The number of nitrogens with zero attached hydrogens (tertiary/aromatic N) is 3. The van der Waals surface area contributed by atoms with E-state index in [4.69, 9.17) is 11.0 Å². The molecule has 10 heteroatoms. The Hall–Kier alpha value is -2.90. The van der Waals surface area contributed by atoms with E-state index in [0.29, 0.717) is 29.8 Å². The summed E-state index contributed by atoms with van der Waals surface area (Å²) < 4.78 is 14.7. The Morgan fingerprint density at radius 1 is 1.45 bits per heavy atom. The number of carbonyl (C=O) groups excluding carboxylic acids is 1. The lowest BCUT2D eigenvalue weighted by molar-refractivity contribution is 0.102. The van der Waals surface area contributed by atoms with E-state index in [1.807, 2.05) is 26.9 Å². The van der Waals surface area contributed by atoms with Crippen molar-refractivity contribution in [2.24, 2.45) is 10.7 Å². The number of aryl methyl sites for hydroxylation is 1. The second-order valence-electron chi connectivity index (χ2n) is 7.94. The topological polar surface area (TPSA) is 126 Å². The standard InChI is InChI=1S/C21H22BFN6OS/c1-12-3-6-16(26-10-12)17(30)27-13-4-5-15(22)14(9-13)20(11-23)18-21(28-18,7-2-8-24)31-19(25)29-20/h3-6,9-10,18,28H,2,7,11,22H2,1H3,(H2,25,29)(H,27,30)/t18?,20-,21-/m1/s1. The number of aliphatic imine (C=N–C) groups is 1. The number of halogens is 1. The molecule has 2 aromatic rings. The van der Waals surface area contributed by atoms with Gasteiger partial charge in [0.05, 0.1) is 17.0 Å². The van der Waals surface area contributed by atoms with Crippen molar-refractivity contribution >= 4 is 41.8 Å². The second-order valence-corrected chi connectivity index (χ2v) is 9.29. The number of hydrogen-bond acceptors (Lipinski definition) is 7.